The van der Waals surface area contributed by atoms with Gasteiger partial charge in [0.1, 0.15) is 5.69 Å². The molecule has 6 nitrogen and oxygen atoms in total. The molecule has 20 heavy (non-hydrogen) atoms. The summed E-state index contributed by atoms with van der Waals surface area (Å²) in [6, 6.07) is 4.35. The van der Waals surface area contributed by atoms with Crippen LogP contribution in [-0.4, -0.2) is 28.3 Å². The number of likely N-dealkylation sites (tertiary alicyclic amines) is 1. The molecular weight excluding hydrogens is 258 g/mol. The fourth-order valence-electron chi connectivity index (χ4n) is 2.59. The number of hydrogen-bond acceptors (Lipinski definition) is 4. The molecule has 2 N–H and O–H groups in total. The van der Waals surface area contributed by atoms with Crippen molar-refractivity contribution in [2.24, 2.45) is 5.92 Å². The van der Waals surface area contributed by atoms with Gasteiger partial charge in [0, 0.05) is 24.2 Å². The number of rotatable bonds is 2. The Balaban J connectivity index is 2.24. The first-order valence-corrected chi connectivity index (χ1v) is 6.75. The van der Waals surface area contributed by atoms with E-state index < -0.39 is 4.92 Å². The second kappa shape index (κ2) is 5.48. The summed E-state index contributed by atoms with van der Waals surface area (Å²) >= 11 is 0. The van der Waals surface area contributed by atoms with Gasteiger partial charge < -0.3 is 10.6 Å². The Kier molecular flexibility index (Phi) is 3.92. The summed E-state index contributed by atoms with van der Waals surface area (Å²) in [4.78, 5) is 24.5. The Morgan fingerprint density at radius 1 is 1.40 bits per heavy atom. The molecule has 2 unspecified atom stereocenters. The van der Waals surface area contributed by atoms with Crippen molar-refractivity contribution in [1.82, 2.24) is 4.90 Å². The molecule has 0 bridgehead atoms. The number of anilines is 1. The van der Waals surface area contributed by atoms with Crippen LogP contribution in [0.3, 0.4) is 0 Å². The minimum absolute atomic E-state index is 0.0264. The highest BCUT2D eigenvalue weighted by atomic mass is 16.6. The first-order valence-electron chi connectivity index (χ1n) is 6.75. The van der Waals surface area contributed by atoms with Gasteiger partial charge in [-0.3, -0.25) is 14.9 Å². The first-order chi connectivity index (χ1) is 9.40. The van der Waals surface area contributed by atoms with E-state index >= 15 is 0 Å². The molecule has 0 spiro atoms. The SMILES string of the molecule is CC1CCC(C)N(C(=O)c2ccc([N+](=O)[O-])c(N)c2)C1. The quantitative estimate of drug-likeness (QED) is 0.510. The van der Waals surface area contributed by atoms with Crippen molar-refractivity contribution >= 4 is 17.3 Å². The van der Waals surface area contributed by atoms with Gasteiger partial charge in [0.2, 0.25) is 0 Å². The van der Waals surface area contributed by atoms with E-state index in [1.807, 2.05) is 11.8 Å². The lowest BCUT2D eigenvalue weighted by Gasteiger charge is -2.36. The number of carbonyl (C=O) groups is 1. The van der Waals surface area contributed by atoms with Crippen LogP contribution in [0.15, 0.2) is 18.2 Å². The summed E-state index contributed by atoms with van der Waals surface area (Å²) in [6.07, 6.45) is 2.10. The Morgan fingerprint density at radius 3 is 2.70 bits per heavy atom. The van der Waals surface area contributed by atoms with Crippen LogP contribution in [0.4, 0.5) is 11.4 Å². The third-order valence-electron chi connectivity index (χ3n) is 3.85. The highest BCUT2D eigenvalue weighted by Crippen LogP contribution is 2.26. The predicted molar refractivity (Wildman–Crippen MR) is 76.4 cm³/mol. The van der Waals surface area contributed by atoms with Crippen molar-refractivity contribution in [3.05, 3.63) is 33.9 Å². The molecule has 108 valence electrons. The van der Waals surface area contributed by atoms with Gasteiger partial charge in [0.05, 0.1) is 4.92 Å². The summed E-state index contributed by atoms with van der Waals surface area (Å²) < 4.78 is 0. The van der Waals surface area contributed by atoms with Gasteiger partial charge in [-0.15, -0.1) is 0 Å². The smallest absolute Gasteiger partial charge is 0.292 e. The molecule has 1 aromatic carbocycles. The highest BCUT2D eigenvalue weighted by Gasteiger charge is 2.28. The summed E-state index contributed by atoms with van der Waals surface area (Å²) in [5.41, 5.74) is 5.91. The molecule has 0 radical (unpaired) electrons. The Bertz CT molecular complexity index is 544. The molecule has 1 aromatic rings. The molecule has 0 aliphatic carbocycles. The third-order valence-corrected chi connectivity index (χ3v) is 3.85. The summed E-state index contributed by atoms with van der Waals surface area (Å²) in [5, 5.41) is 10.7. The van der Waals surface area contributed by atoms with Gasteiger partial charge in [0.15, 0.2) is 0 Å². The van der Waals surface area contributed by atoms with Gasteiger partial charge in [-0.1, -0.05) is 6.92 Å². The van der Waals surface area contributed by atoms with E-state index in [0.717, 1.165) is 19.4 Å². The van der Waals surface area contributed by atoms with Crippen molar-refractivity contribution in [3.8, 4) is 0 Å². The fourth-order valence-corrected chi connectivity index (χ4v) is 2.59. The van der Waals surface area contributed by atoms with Crippen LogP contribution in [0, 0.1) is 16.0 Å². The van der Waals surface area contributed by atoms with Crippen LogP contribution in [0.2, 0.25) is 0 Å². The van der Waals surface area contributed by atoms with Crippen molar-refractivity contribution in [3.63, 3.8) is 0 Å². The zero-order chi connectivity index (χ0) is 14.9. The minimum Gasteiger partial charge on any atom is -0.393 e. The zero-order valence-corrected chi connectivity index (χ0v) is 11.7. The van der Waals surface area contributed by atoms with E-state index in [1.54, 1.807) is 0 Å². The molecule has 1 amide bonds. The molecule has 2 atom stereocenters. The number of amides is 1. The van der Waals surface area contributed by atoms with Gasteiger partial charge in [-0.25, -0.2) is 0 Å². The van der Waals surface area contributed by atoms with E-state index in [2.05, 4.69) is 6.92 Å². The molecular formula is C14H19N3O3. The summed E-state index contributed by atoms with van der Waals surface area (Å²) in [7, 11) is 0. The van der Waals surface area contributed by atoms with Gasteiger partial charge in [0.25, 0.3) is 11.6 Å². The number of nitro groups is 1. The highest BCUT2D eigenvalue weighted by molar-refractivity contribution is 5.96. The summed E-state index contributed by atoms with van der Waals surface area (Å²) in [6.45, 7) is 4.87. The second-order valence-electron chi connectivity index (χ2n) is 5.52. The largest absolute Gasteiger partial charge is 0.393 e. The number of piperidine rings is 1. The van der Waals surface area contributed by atoms with Crippen LogP contribution in [0.1, 0.15) is 37.0 Å². The zero-order valence-electron chi connectivity index (χ0n) is 11.7. The molecule has 2 rings (SSSR count). The maximum absolute atomic E-state index is 12.5. The van der Waals surface area contributed by atoms with Crippen molar-refractivity contribution < 1.29 is 9.72 Å². The van der Waals surface area contributed by atoms with Crippen LogP contribution in [0.5, 0.6) is 0 Å². The van der Waals surface area contributed by atoms with Crippen LogP contribution >= 0.6 is 0 Å². The standard InChI is InChI=1S/C14H19N3O3/c1-9-3-4-10(2)16(8-9)14(18)11-5-6-13(17(19)20)12(15)7-11/h5-7,9-10H,3-4,8,15H2,1-2H3. The van der Waals surface area contributed by atoms with E-state index in [4.69, 9.17) is 5.73 Å². The number of nitrogens with two attached hydrogens (primary N) is 1. The molecule has 0 aromatic heterocycles. The van der Waals surface area contributed by atoms with Crippen LogP contribution in [-0.2, 0) is 0 Å². The molecule has 1 aliphatic heterocycles. The lowest BCUT2D eigenvalue weighted by Crippen LogP contribution is -2.44. The molecule has 0 saturated carbocycles. The van der Waals surface area contributed by atoms with Crippen molar-refractivity contribution in [2.45, 2.75) is 32.7 Å². The number of hydrogen-bond donors (Lipinski definition) is 1. The topological polar surface area (TPSA) is 89.5 Å². The van der Waals surface area contributed by atoms with Gasteiger partial charge >= 0.3 is 0 Å². The molecule has 1 fully saturated rings. The number of nitro benzene ring substituents is 1. The Morgan fingerprint density at radius 2 is 2.10 bits per heavy atom. The summed E-state index contributed by atoms with van der Waals surface area (Å²) in [5.74, 6) is 0.371. The van der Waals surface area contributed by atoms with E-state index in [9.17, 15) is 14.9 Å². The molecule has 6 heteroatoms. The maximum atomic E-state index is 12.5. The number of nitrogen functional groups attached to an aromatic ring is 1. The van der Waals surface area contributed by atoms with E-state index in [0.29, 0.717) is 11.5 Å². The average Bonchev–Trinajstić information content (AvgIpc) is 2.40. The third kappa shape index (κ3) is 2.74. The van der Waals surface area contributed by atoms with Crippen LogP contribution < -0.4 is 5.73 Å². The van der Waals surface area contributed by atoms with E-state index in [-0.39, 0.29) is 23.3 Å². The average molecular weight is 277 g/mol. The van der Waals surface area contributed by atoms with Crippen LogP contribution in [0.25, 0.3) is 0 Å². The fraction of sp³-hybridized carbons (Fsp3) is 0.500. The van der Waals surface area contributed by atoms with Gasteiger partial charge in [-0.05, 0) is 37.8 Å². The van der Waals surface area contributed by atoms with Crippen molar-refractivity contribution in [2.75, 3.05) is 12.3 Å². The Labute approximate surface area is 117 Å². The monoisotopic (exact) mass is 277 g/mol. The molecule has 1 saturated heterocycles. The number of carbonyl (C=O) groups excluding carboxylic acids is 1. The Hall–Kier alpha value is -2.11. The number of nitrogens with zero attached hydrogens (tertiary/aromatic N) is 2. The molecule has 1 aliphatic rings. The lowest BCUT2D eigenvalue weighted by atomic mass is 9.94. The van der Waals surface area contributed by atoms with E-state index in [1.165, 1.54) is 18.2 Å². The molecule has 1 heterocycles. The minimum atomic E-state index is -0.546. The first kappa shape index (κ1) is 14.3. The normalized spacial score (nSPS) is 22.6. The number of benzene rings is 1. The maximum Gasteiger partial charge on any atom is 0.292 e. The van der Waals surface area contributed by atoms with Crippen molar-refractivity contribution in [1.29, 1.82) is 0 Å². The predicted octanol–water partition coefficient (Wildman–Crippen LogP) is 2.44. The van der Waals surface area contributed by atoms with Gasteiger partial charge in [-0.2, -0.15) is 0 Å². The lowest BCUT2D eigenvalue weighted by molar-refractivity contribution is -0.383. The second-order valence-corrected chi connectivity index (χ2v) is 5.52.